The van der Waals surface area contributed by atoms with Crippen molar-refractivity contribution < 1.29 is 27.2 Å². The normalized spacial score (nSPS) is 14.7. The van der Waals surface area contributed by atoms with E-state index in [9.17, 15) is 27.2 Å². The van der Waals surface area contributed by atoms with Gasteiger partial charge in [-0.2, -0.15) is 13.2 Å². The number of benzene rings is 1. The first-order valence-corrected chi connectivity index (χ1v) is 7.31. The SMILES string of the molecule is CN(CC(=O)N1CCNCC1)C(=O)c1cc(C(F)(F)F)ccc1F.Cl. The van der Waals surface area contributed by atoms with Crippen molar-refractivity contribution in [1.82, 2.24) is 15.1 Å². The van der Waals surface area contributed by atoms with Gasteiger partial charge in [-0.1, -0.05) is 0 Å². The van der Waals surface area contributed by atoms with Crippen LogP contribution in [0.3, 0.4) is 0 Å². The van der Waals surface area contributed by atoms with Gasteiger partial charge in [0.25, 0.3) is 5.91 Å². The molecule has 1 aromatic carbocycles. The molecule has 5 nitrogen and oxygen atoms in total. The van der Waals surface area contributed by atoms with Crippen LogP contribution >= 0.6 is 12.4 Å². The summed E-state index contributed by atoms with van der Waals surface area (Å²) in [5, 5.41) is 3.07. The third-order valence-electron chi connectivity index (χ3n) is 3.71. The van der Waals surface area contributed by atoms with Crippen molar-refractivity contribution in [2.75, 3.05) is 39.8 Å². The van der Waals surface area contributed by atoms with Crippen LogP contribution in [0.4, 0.5) is 17.6 Å². The second-order valence-corrected chi connectivity index (χ2v) is 5.48. The first-order valence-electron chi connectivity index (χ1n) is 7.31. The van der Waals surface area contributed by atoms with Crippen molar-refractivity contribution in [3.8, 4) is 0 Å². The summed E-state index contributed by atoms with van der Waals surface area (Å²) in [7, 11) is 1.25. The zero-order chi connectivity index (χ0) is 17.9. The molecule has 10 heteroatoms. The first-order chi connectivity index (χ1) is 11.2. The Balaban J connectivity index is 0.00000312. The van der Waals surface area contributed by atoms with Crippen LogP contribution in [0.1, 0.15) is 15.9 Å². The average molecular weight is 384 g/mol. The maximum absolute atomic E-state index is 13.7. The maximum atomic E-state index is 13.7. The van der Waals surface area contributed by atoms with E-state index in [1.54, 1.807) is 4.90 Å². The molecule has 1 N–H and O–H groups in total. The minimum Gasteiger partial charge on any atom is -0.339 e. The van der Waals surface area contributed by atoms with Gasteiger partial charge in [0.05, 0.1) is 17.7 Å². The van der Waals surface area contributed by atoms with Crippen molar-refractivity contribution >= 4 is 24.2 Å². The zero-order valence-corrected chi connectivity index (χ0v) is 14.2. The highest BCUT2D eigenvalue weighted by atomic mass is 35.5. The number of amides is 2. The van der Waals surface area contributed by atoms with Crippen LogP contribution in [-0.4, -0.2) is 61.4 Å². The van der Waals surface area contributed by atoms with E-state index < -0.39 is 29.0 Å². The lowest BCUT2D eigenvalue weighted by Gasteiger charge is -2.29. The second kappa shape index (κ2) is 8.48. The smallest absolute Gasteiger partial charge is 0.339 e. The Morgan fingerprint density at radius 1 is 1.24 bits per heavy atom. The van der Waals surface area contributed by atoms with Crippen LogP contribution in [0.25, 0.3) is 0 Å². The molecule has 25 heavy (non-hydrogen) atoms. The second-order valence-electron chi connectivity index (χ2n) is 5.48. The molecular formula is C15H18ClF4N3O2. The Kier molecular flexibility index (Phi) is 7.18. The number of hydrogen-bond donors (Lipinski definition) is 1. The van der Waals surface area contributed by atoms with Crippen LogP contribution < -0.4 is 5.32 Å². The minimum absolute atomic E-state index is 0. The quantitative estimate of drug-likeness (QED) is 0.809. The van der Waals surface area contributed by atoms with Crippen molar-refractivity contribution in [3.05, 3.63) is 35.1 Å². The summed E-state index contributed by atoms with van der Waals surface area (Å²) in [5.74, 6) is -2.36. The van der Waals surface area contributed by atoms with Crippen LogP contribution in [0.15, 0.2) is 18.2 Å². The molecule has 0 aromatic heterocycles. The lowest BCUT2D eigenvalue weighted by Crippen LogP contribution is -2.49. The van der Waals surface area contributed by atoms with E-state index in [0.717, 1.165) is 4.90 Å². The zero-order valence-electron chi connectivity index (χ0n) is 13.4. The molecule has 0 bridgehead atoms. The molecule has 2 rings (SSSR count). The van der Waals surface area contributed by atoms with Gasteiger partial charge in [-0.15, -0.1) is 12.4 Å². The van der Waals surface area contributed by atoms with Gasteiger partial charge in [-0.3, -0.25) is 9.59 Å². The Hall–Kier alpha value is -1.87. The molecule has 0 saturated carbocycles. The highest BCUT2D eigenvalue weighted by Gasteiger charge is 2.32. The van der Waals surface area contributed by atoms with Crippen molar-refractivity contribution in [2.45, 2.75) is 6.18 Å². The van der Waals surface area contributed by atoms with Gasteiger partial charge in [0, 0.05) is 33.2 Å². The number of alkyl halides is 3. The van der Waals surface area contributed by atoms with Gasteiger partial charge in [-0.05, 0) is 18.2 Å². The van der Waals surface area contributed by atoms with Crippen LogP contribution in [0.5, 0.6) is 0 Å². The molecule has 1 aromatic rings. The van der Waals surface area contributed by atoms with E-state index in [2.05, 4.69) is 5.32 Å². The number of nitrogens with one attached hydrogen (secondary N) is 1. The summed E-state index contributed by atoms with van der Waals surface area (Å²) in [6.45, 7) is 1.91. The van der Waals surface area contributed by atoms with E-state index in [4.69, 9.17) is 0 Å². The molecular weight excluding hydrogens is 366 g/mol. The van der Waals surface area contributed by atoms with Crippen molar-refractivity contribution in [2.24, 2.45) is 0 Å². The highest BCUT2D eigenvalue weighted by Crippen LogP contribution is 2.30. The molecule has 0 unspecified atom stereocenters. The molecule has 2 amide bonds. The number of carbonyl (C=O) groups excluding carboxylic acids is 2. The lowest BCUT2D eigenvalue weighted by molar-refractivity contribution is -0.137. The van der Waals surface area contributed by atoms with Gasteiger partial charge in [-0.25, -0.2) is 4.39 Å². The molecule has 0 radical (unpaired) electrons. The Labute approximate surface area is 148 Å². The van der Waals surface area contributed by atoms with E-state index in [-0.39, 0.29) is 24.9 Å². The van der Waals surface area contributed by atoms with E-state index in [0.29, 0.717) is 44.4 Å². The van der Waals surface area contributed by atoms with E-state index in [1.807, 2.05) is 0 Å². The minimum atomic E-state index is -4.68. The Morgan fingerprint density at radius 2 is 1.84 bits per heavy atom. The number of likely N-dealkylation sites (N-methyl/N-ethyl adjacent to an activating group) is 1. The Morgan fingerprint density at radius 3 is 2.40 bits per heavy atom. The largest absolute Gasteiger partial charge is 0.416 e. The van der Waals surface area contributed by atoms with Crippen LogP contribution in [0.2, 0.25) is 0 Å². The topological polar surface area (TPSA) is 52.7 Å². The van der Waals surface area contributed by atoms with Gasteiger partial charge in [0.15, 0.2) is 0 Å². The first kappa shape index (κ1) is 21.2. The maximum Gasteiger partial charge on any atom is 0.416 e. The molecule has 0 atom stereocenters. The molecule has 0 aliphatic carbocycles. The summed E-state index contributed by atoms with van der Waals surface area (Å²) in [5.41, 5.74) is -1.82. The molecule has 1 aliphatic rings. The fourth-order valence-electron chi connectivity index (χ4n) is 2.36. The molecule has 140 valence electrons. The highest BCUT2D eigenvalue weighted by molar-refractivity contribution is 5.96. The molecule has 1 fully saturated rings. The van der Waals surface area contributed by atoms with Crippen molar-refractivity contribution in [1.29, 1.82) is 0 Å². The van der Waals surface area contributed by atoms with Crippen LogP contribution in [-0.2, 0) is 11.0 Å². The Bertz CT molecular complexity index is 634. The third kappa shape index (κ3) is 5.30. The van der Waals surface area contributed by atoms with Gasteiger partial charge in [0.1, 0.15) is 5.82 Å². The average Bonchev–Trinajstić information content (AvgIpc) is 2.54. The van der Waals surface area contributed by atoms with Crippen molar-refractivity contribution in [3.63, 3.8) is 0 Å². The fourth-order valence-corrected chi connectivity index (χ4v) is 2.36. The lowest BCUT2D eigenvalue weighted by atomic mass is 10.1. The van der Waals surface area contributed by atoms with Gasteiger partial charge >= 0.3 is 6.18 Å². The molecule has 1 saturated heterocycles. The van der Waals surface area contributed by atoms with Gasteiger partial charge in [0.2, 0.25) is 5.91 Å². The number of nitrogens with zero attached hydrogens (tertiary/aromatic N) is 2. The summed E-state index contributed by atoms with van der Waals surface area (Å²) >= 11 is 0. The summed E-state index contributed by atoms with van der Waals surface area (Å²) in [4.78, 5) is 26.7. The summed E-state index contributed by atoms with van der Waals surface area (Å²) in [6, 6.07) is 1.63. The summed E-state index contributed by atoms with van der Waals surface area (Å²) in [6.07, 6.45) is -4.68. The molecule has 0 spiro atoms. The third-order valence-corrected chi connectivity index (χ3v) is 3.71. The standard InChI is InChI=1S/C15H17F4N3O2.ClH/c1-21(9-13(23)22-6-4-20-5-7-22)14(24)11-8-10(15(17,18)19)2-3-12(11)16;/h2-3,8,20H,4-7,9H2,1H3;1H. The van der Waals surface area contributed by atoms with Crippen LogP contribution in [0, 0.1) is 5.82 Å². The van der Waals surface area contributed by atoms with Gasteiger partial charge < -0.3 is 15.1 Å². The predicted octanol–water partition coefficient (Wildman–Crippen LogP) is 1.77. The fraction of sp³-hybridized carbons (Fsp3) is 0.467. The molecule has 1 heterocycles. The number of piperazine rings is 1. The van der Waals surface area contributed by atoms with E-state index in [1.165, 1.54) is 7.05 Å². The number of hydrogen-bond acceptors (Lipinski definition) is 3. The van der Waals surface area contributed by atoms with E-state index >= 15 is 0 Å². The predicted molar refractivity (Wildman–Crippen MR) is 85.1 cm³/mol. The number of rotatable bonds is 3. The number of halogens is 5. The molecule has 1 aliphatic heterocycles. The summed E-state index contributed by atoms with van der Waals surface area (Å²) < 4.78 is 51.9. The monoisotopic (exact) mass is 383 g/mol. The number of carbonyl (C=O) groups is 2.